The number of aliphatic hydroxyl groups excluding tert-OH is 1. The molecule has 8 heteroatoms. The van der Waals surface area contributed by atoms with E-state index < -0.39 is 6.10 Å². The molecule has 2 aromatic heterocycles. The van der Waals surface area contributed by atoms with Crippen molar-refractivity contribution in [3.8, 4) is 5.88 Å². The van der Waals surface area contributed by atoms with Gasteiger partial charge in [-0.05, 0) is 40.8 Å². The summed E-state index contributed by atoms with van der Waals surface area (Å²) < 4.78 is 7.61. The smallest absolute Gasteiger partial charge is 0.252 e. The first-order chi connectivity index (χ1) is 11.6. The highest BCUT2D eigenvalue weighted by Gasteiger charge is 2.34. The summed E-state index contributed by atoms with van der Waals surface area (Å²) in [6.45, 7) is 0.788. The van der Waals surface area contributed by atoms with Crippen molar-refractivity contribution in [2.75, 3.05) is 7.11 Å². The average Bonchev–Trinajstić information content (AvgIpc) is 3.18. The predicted octanol–water partition coefficient (Wildman–Crippen LogP) is 1.62. The van der Waals surface area contributed by atoms with Crippen LogP contribution < -0.4 is 10.1 Å². The fraction of sp³-hybridized carbons (Fsp3) is 0.438. The molecule has 7 nitrogen and oxygen atoms in total. The lowest BCUT2D eigenvalue weighted by Crippen LogP contribution is -2.40. The van der Waals surface area contributed by atoms with Gasteiger partial charge in [0, 0.05) is 25.1 Å². The second-order valence-corrected chi connectivity index (χ2v) is 6.72. The fourth-order valence-corrected chi connectivity index (χ4v) is 3.68. The molecule has 3 atom stereocenters. The van der Waals surface area contributed by atoms with Gasteiger partial charge in [0.15, 0.2) is 0 Å². The quantitative estimate of drug-likeness (QED) is 0.803. The maximum Gasteiger partial charge on any atom is 0.252 e. The molecule has 1 saturated carbocycles. The first kappa shape index (κ1) is 16.9. The summed E-state index contributed by atoms with van der Waals surface area (Å²) in [5.74, 6) is 0.400. The van der Waals surface area contributed by atoms with E-state index in [0.717, 1.165) is 13.0 Å². The van der Waals surface area contributed by atoms with Crippen LogP contribution in [0.15, 0.2) is 35.5 Å². The average molecular weight is 395 g/mol. The van der Waals surface area contributed by atoms with Gasteiger partial charge in [-0.1, -0.05) is 0 Å². The molecule has 0 radical (unpaired) electrons. The minimum Gasteiger partial charge on any atom is -0.480 e. The van der Waals surface area contributed by atoms with E-state index in [9.17, 15) is 9.90 Å². The maximum atomic E-state index is 12.5. The van der Waals surface area contributed by atoms with Crippen molar-refractivity contribution in [2.24, 2.45) is 5.92 Å². The third kappa shape index (κ3) is 3.59. The first-order valence-electron chi connectivity index (χ1n) is 7.71. The highest BCUT2D eigenvalue weighted by Crippen LogP contribution is 2.29. The van der Waals surface area contributed by atoms with Crippen molar-refractivity contribution < 1.29 is 14.6 Å². The number of imidazole rings is 1. The number of ether oxygens (including phenoxy) is 1. The number of rotatable bonds is 5. The van der Waals surface area contributed by atoms with Crippen molar-refractivity contribution >= 4 is 21.8 Å². The fourth-order valence-electron chi connectivity index (χ4n) is 3.10. The van der Waals surface area contributed by atoms with E-state index in [1.165, 1.54) is 13.3 Å². The number of aliphatic hydroxyl groups is 1. The van der Waals surface area contributed by atoms with Crippen LogP contribution in [-0.2, 0) is 6.54 Å². The number of nitrogens with zero attached hydrogens (tertiary/aromatic N) is 3. The molecule has 2 N–H and O–H groups in total. The highest BCUT2D eigenvalue weighted by molar-refractivity contribution is 9.10. The Hall–Kier alpha value is -1.93. The van der Waals surface area contributed by atoms with Crippen LogP contribution in [-0.4, -0.2) is 44.8 Å². The number of amides is 1. The number of methoxy groups -OCH3 is 1. The van der Waals surface area contributed by atoms with Gasteiger partial charge in [-0.15, -0.1) is 0 Å². The number of carbonyl (C=O) groups is 1. The van der Waals surface area contributed by atoms with Crippen LogP contribution in [0.5, 0.6) is 5.88 Å². The molecule has 2 aromatic rings. The Morgan fingerprint density at radius 1 is 1.50 bits per heavy atom. The van der Waals surface area contributed by atoms with Gasteiger partial charge >= 0.3 is 0 Å². The number of hydrogen-bond acceptors (Lipinski definition) is 5. The van der Waals surface area contributed by atoms with Crippen molar-refractivity contribution in [3.05, 3.63) is 41.0 Å². The predicted molar refractivity (Wildman–Crippen MR) is 90.7 cm³/mol. The van der Waals surface area contributed by atoms with Crippen molar-refractivity contribution in [1.82, 2.24) is 19.9 Å². The molecular formula is C16H19BrN4O3. The molecule has 0 spiro atoms. The number of carbonyl (C=O) groups excluding carboxylic acids is 1. The lowest BCUT2D eigenvalue weighted by molar-refractivity contribution is 0.0871. The van der Waals surface area contributed by atoms with Crippen LogP contribution in [0.1, 0.15) is 23.2 Å². The van der Waals surface area contributed by atoms with Crippen LogP contribution in [0.3, 0.4) is 0 Å². The van der Waals surface area contributed by atoms with E-state index in [1.54, 1.807) is 18.6 Å². The van der Waals surface area contributed by atoms with Gasteiger partial charge in [0.25, 0.3) is 5.91 Å². The van der Waals surface area contributed by atoms with E-state index in [2.05, 4.69) is 31.2 Å². The Balaban J connectivity index is 1.64. The SMILES string of the molecule is COc1nccc(C(=O)N[C@@H]2CC(Cn3ccnc3)C[C@H]2O)c1Br. The Labute approximate surface area is 148 Å². The van der Waals surface area contributed by atoms with E-state index >= 15 is 0 Å². The molecule has 0 saturated heterocycles. The van der Waals surface area contributed by atoms with Crippen LogP contribution in [0.2, 0.25) is 0 Å². The zero-order valence-corrected chi connectivity index (χ0v) is 14.8. The van der Waals surface area contributed by atoms with Gasteiger partial charge in [-0.3, -0.25) is 4.79 Å². The summed E-state index contributed by atoms with van der Waals surface area (Å²) in [6.07, 6.45) is 7.75. The molecule has 24 heavy (non-hydrogen) atoms. The molecule has 0 aliphatic heterocycles. The van der Waals surface area contributed by atoms with Crippen molar-refractivity contribution in [3.63, 3.8) is 0 Å². The summed E-state index contributed by atoms with van der Waals surface area (Å²) in [5.41, 5.74) is 0.437. The molecule has 1 amide bonds. The molecular weight excluding hydrogens is 376 g/mol. The summed E-state index contributed by atoms with van der Waals surface area (Å²) >= 11 is 3.34. The van der Waals surface area contributed by atoms with Gasteiger partial charge in [0.1, 0.15) is 0 Å². The maximum absolute atomic E-state index is 12.5. The third-order valence-electron chi connectivity index (χ3n) is 4.27. The molecule has 1 fully saturated rings. The van der Waals surface area contributed by atoms with E-state index in [4.69, 9.17) is 4.74 Å². The number of halogens is 1. The Kier molecular flexibility index (Phi) is 5.15. The zero-order valence-electron chi connectivity index (χ0n) is 13.2. The van der Waals surface area contributed by atoms with Crippen molar-refractivity contribution in [1.29, 1.82) is 0 Å². The van der Waals surface area contributed by atoms with E-state index in [1.807, 2.05) is 10.8 Å². The molecule has 1 unspecified atom stereocenters. The normalized spacial score (nSPS) is 23.2. The number of aromatic nitrogens is 3. The van der Waals surface area contributed by atoms with Crippen molar-refractivity contribution in [2.45, 2.75) is 31.5 Å². The second kappa shape index (κ2) is 7.31. The number of hydrogen-bond donors (Lipinski definition) is 2. The van der Waals surface area contributed by atoms with Gasteiger partial charge < -0.3 is 19.7 Å². The standard InChI is InChI=1S/C16H19BrN4O3/c1-24-16-14(17)11(2-3-19-16)15(23)20-12-6-10(7-13(12)22)8-21-5-4-18-9-21/h2-5,9-10,12-13,22H,6-8H2,1H3,(H,20,23)/t10?,12-,13-/m1/s1. The monoisotopic (exact) mass is 394 g/mol. The molecule has 2 heterocycles. The zero-order chi connectivity index (χ0) is 17.1. The lowest BCUT2D eigenvalue weighted by Gasteiger charge is -2.17. The van der Waals surface area contributed by atoms with E-state index in [-0.39, 0.29) is 11.9 Å². The molecule has 1 aliphatic carbocycles. The first-order valence-corrected chi connectivity index (χ1v) is 8.51. The summed E-state index contributed by atoms with van der Waals surface area (Å²) in [6, 6.07) is 1.35. The minimum atomic E-state index is -0.551. The van der Waals surface area contributed by atoms with Crippen LogP contribution in [0, 0.1) is 5.92 Å². The lowest BCUT2D eigenvalue weighted by atomic mass is 10.1. The molecule has 0 aromatic carbocycles. The van der Waals surface area contributed by atoms with Gasteiger partial charge in [0.05, 0.1) is 35.6 Å². The van der Waals surface area contributed by atoms with Gasteiger partial charge in [-0.25, -0.2) is 9.97 Å². The Morgan fingerprint density at radius 3 is 3.04 bits per heavy atom. The summed E-state index contributed by atoms with van der Waals surface area (Å²) in [4.78, 5) is 20.6. The topological polar surface area (TPSA) is 89.3 Å². The Bertz CT molecular complexity index is 707. The van der Waals surface area contributed by atoms with Gasteiger partial charge in [-0.2, -0.15) is 0 Å². The Morgan fingerprint density at radius 2 is 2.33 bits per heavy atom. The highest BCUT2D eigenvalue weighted by atomic mass is 79.9. The number of pyridine rings is 1. The second-order valence-electron chi connectivity index (χ2n) is 5.93. The minimum absolute atomic E-state index is 0.255. The van der Waals surface area contributed by atoms with Crippen LogP contribution >= 0.6 is 15.9 Å². The molecule has 1 aliphatic rings. The largest absolute Gasteiger partial charge is 0.480 e. The molecule has 128 valence electrons. The molecule has 0 bridgehead atoms. The molecule has 3 rings (SSSR count). The van der Waals surface area contributed by atoms with Gasteiger partial charge in [0.2, 0.25) is 5.88 Å². The van der Waals surface area contributed by atoms with Crippen LogP contribution in [0.25, 0.3) is 0 Å². The third-order valence-corrected chi connectivity index (χ3v) is 5.03. The number of nitrogens with one attached hydrogen (secondary N) is 1. The summed E-state index contributed by atoms with van der Waals surface area (Å²) in [5, 5.41) is 13.2. The summed E-state index contributed by atoms with van der Waals surface area (Å²) in [7, 11) is 1.50. The van der Waals surface area contributed by atoms with Crippen LogP contribution in [0.4, 0.5) is 0 Å². The van der Waals surface area contributed by atoms with E-state index in [0.29, 0.717) is 28.3 Å².